The number of aromatic nitrogens is 1. The van der Waals surface area contributed by atoms with Crippen LogP contribution in [-0.2, 0) is 6.42 Å². The Hall–Kier alpha value is -1.90. The fraction of sp³-hybridized carbons (Fsp3) is 0.231. The van der Waals surface area contributed by atoms with Crippen LogP contribution in [0.3, 0.4) is 0 Å². The Morgan fingerprint density at radius 3 is 2.81 bits per heavy atom. The molecule has 1 amide bonds. The number of hydrogen-bond acceptors (Lipinski definition) is 2. The van der Waals surface area contributed by atoms with Crippen LogP contribution in [0.2, 0.25) is 0 Å². The molecule has 1 aromatic heterocycles. The predicted molar refractivity (Wildman–Crippen MR) is 64.4 cm³/mol. The van der Waals surface area contributed by atoms with Crippen LogP contribution < -0.4 is 5.73 Å². The fourth-order valence-corrected chi connectivity index (χ4v) is 1.89. The Labute approximate surface area is 94.3 Å². The van der Waals surface area contributed by atoms with E-state index in [4.69, 9.17) is 5.73 Å². The van der Waals surface area contributed by atoms with E-state index in [0.717, 1.165) is 28.5 Å². The molecule has 0 fully saturated rings. The van der Waals surface area contributed by atoms with Gasteiger partial charge in [0.1, 0.15) is 5.69 Å². The molecule has 0 aliphatic carbocycles. The number of hydrogen-bond donors (Lipinski definition) is 1. The minimum atomic E-state index is -0.476. The fourth-order valence-electron chi connectivity index (χ4n) is 1.89. The summed E-state index contributed by atoms with van der Waals surface area (Å²) >= 11 is 0. The average molecular weight is 214 g/mol. The maximum Gasteiger partial charge on any atom is 0.267 e. The minimum Gasteiger partial charge on any atom is -0.364 e. The van der Waals surface area contributed by atoms with Crippen LogP contribution in [0.4, 0.5) is 0 Å². The standard InChI is InChI=1S/C13H14N2O/c1-3-9-5-4-6-10-8(2)7-11(13(14)16)15-12(9)10/h4-7H,3H2,1-2H3,(H2,14,16). The Bertz CT molecular complexity index is 561. The van der Waals surface area contributed by atoms with Crippen molar-refractivity contribution in [3.63, 3.8) is 0 Å². The van der Waals surface area contributed by atoms with Gasteiger partial charge in [0.2, 0.25) is 0 Å². The molecular weight excluding hydrogens is 200 g/mol. The first-order valence-corrected chi connectivity index (χ1v) is 5.32. The number of rotatable bonds is 2. The Kier molecular flexibility index (Phi) is 2.60. The van der Waals surface area contributed by atoms with Gasteiger partial charge in [-0.2, -0.15) is 0 Å². The van der Waals surface area contributed by atoms with Gasteiger partial charge in [0.05, 0.1) is 5.52 Å². The summed E-state index contributed by atoms with van der Waals surface area (Å²) in [7, 11) is 0. The topological polar surface area (TPSA) is 56.0 Å². The van der Waals surface area contributed by atoms with Gasteiger partial charge in [0, 0.05) is 5.39 Å². The Morgan fingerprint density at radius 2 is 2.19 bits per heavy atom. The first-order valence-electron chi connectivity index (χ1n) is 5.32. The highest BCUT2D eigenvalue weighted by atomic mass is 16.1. The van der Waals surface area contributed by atoms with E-state index in [-0.39, 0.29) is 0 Å². The summed E-state index contributed by atoms with van der Waals surface area (Å²) in [4.78, 5) is 15.5. The summed E-state index contributed by atoms with van der Waals surface area (Å²) in [5.41, 5.74) is 8.67. The van der Waals surface area contributed by atoms with Crippen LogP contribution in [0, 0.1) is 6.92 Å². The predicted octanol–water partition coefficient (Wildman–Crippen LogP) is 2.20. The monoisotopic (exact) mass is 214 g/mol. The lowest BCUT2D eigenvalue weighted by Gasteiger charge is -2.07. The number of para-hydroxylation sites is 1. The van der Waals surface area contributed by atoms with Gasteiger partial charge in [-0.3, -0.25) is 4.79 Å². The number of carbonyl (C=O) groups excluding carboxylic acids is 1. The summed E-state index contributed by atoms with van der Waals surface area (Å²) in [5.74, 6) is -0.476. The van der Waals surface area contributed by atoms with E-state index in [0.29, 0.717) is 5.69 Å². The first-order chi connectivity index (χ1) is 7.63. The number of carbonyl (C=O) groups is 1. The van der Waals surface area contributed by atoms with Crippen molar-refractivity contribution < 1.29 is 4.79 Å². The molecule has 2 aromatic rings. The molecule has 2 N–H and O–H groups in total. The quantitative estimate of drug-likeness (QED) is 0.833. The van der Waals surface area contributed by atoms with Crippen molar-refractivity contribution in [2.24, 2.45) is 5.73 Å². The SMILES string of the molecule is CCc1cccc2c(C)cc(C(N)=O)nc12. The third-order valence-electron chi connectivity index (χ3n) is 2.76. The second-order valence-corrected chi connectivity index (χ2v) is 3.86. The van der Waals surface area contributed by atoms with E-state index in [1.807, 2.05) is 25.1 Å². The molecule has 16 heavy (non-hydrogen) atoms. The second kappa shape index (κ2) is 3.93. The summed E-state index contributed by atoms with van der Waals surface area (Å²) in [6, 6.07) is 7.80. The largest absolute Gasteiger partial charge is 0.364 e. The number of aryl methyl sites for hydroxylation is 2. The molecule has 0 bridgehead atoms. The molecule has 2 rings (SSSR count). The zero-order valence-electron chi connectivity index (χ0n) is 9.45. The number of nitrogens with two attached hydrogens (primary N) is 1. The molecule has 82 valence electrons. The van der Waals surface area contributed by atoms with E-state index >= 15 is 0 Å². The van der Waals surface area contributed by atoms with Gasteiger partial charge in [-0.15, -0.1) is 0 Å². The highest BCUT2D eigenvalue weighted by molar-refractivity contribution is 5.95. The van der Waals surface area contributed by atoms with E-state index in [9.17, 15) is 4.79 Å². The van der Waals surface area contributed by atoms with Crippen LogP contribution in [0.5, 0.6) is 0 Å². The summed E-state index contributed by atoms with van der Waals surface area (Å²) in [6.07, 6.45) is 0.895. The molecular formula is C13H14N2O. The van der Waals surface area contributed by atoms with Crippen molar-refractivity contribution in [1.82, 2.24) is 4.98 Å². The van der Waals surface area contributed by atoms with Crippen LogP contribution in [0.15, 0.2) is 24.3 Å². The van der Waals surface area contributed by atoms with Crippen LogP contribution in [0.1, 0.15) is 28.5 Å². The normalized spacial score (nSPS) is 10.6. The lowest BCUT2D eigenvalue weighted by atomic mass is 10.0. The molecule has 1 heterocycles. The van der Waals surface area contributed by atoms with Gasteiger partial charge in [-0.05, 0) is 30.5 Å². The van der Waals surface area contributed by atoms with Crippen molar-refractivity contribution in [2.45, 2.75) is 20.3 Å². The highest BCUT2D eigenvalue weighted by Gasteiger charge is 2.08. The van der Waals surface area contributed by atoms with E-state index in [1.165, 1.54) is 0 Å². The van der Waals surface area contributed by atoms with Crippen LogP contribution in [0.25, 0.3) is 10.9 Å². The lowest BCUT2D eigenvalue weighted by molar-refractivity contribution is 0.0996. The van der Waals surface area contributed by atoms with Crippen molar-refractivity contribution >= 4 is 16.8 Å². The van der Waals surface area contributed by atoms with Crippen molar-refractivity contribution in [3.8, 4) is 0 Å². The number of benzene rings is 1. The van der Waals surface area contributed by atoms with Gasteiger partial charge in [-0.1, -0.05) is 25.1 Å². The van der Waals surface area contributed by atoms with E-state index < -0.39 is 5.91 Å². The molecule has 1 aromatic carbocycles. The minimum absolute atomic E-state index is 0.339. The van der Waals surface area contributed by atoms with Crippen LogP contribution in [-0.4, -0.2) is 10.9 Å². The maximum atomic E-state index is 11.2. The third kappa shape index (κ3) is 1.65. The number of nitrogens with zero attached hydrogens (tertiary/aromatic N) is 1. The van der Waals surface area contributed by atoms with Gasteiger partial charge in [0.15, 0.2) is 0 Å². The average Bonchev–Trinajstić information content (AvgIpc) is 2.28. The van der Waals surface area contributed by atoms with E-state index in [2.05, 4.69) is 11.9 Å². The molecule has 0 atom stereocenters. The van der Waals surface area contributed by atoms with Crippen molar-refractivity contribution in [3.05, 3.63) is 41.1 Å². The highest BCUT2D eigenvalue weighted by Crippen LogP contribution is 2.21. The first kappa shape index (κ1) is 10.6. The van der Waals surface area contributed by atoms with E-state index in [1.54, 1.807) is 6.07 Å². The Morgan fingerprint density at radius 1 is 1.44 bits per heavy atom. The summed E-state index contributed by atoms with van der Waals surface area (Å²) in [6.45, 7) is 4.04. The Balaban J connectivity index is 2.82. The smallest absolute Gasteiger partial charge is 0.267 e. The number of primary amides is 1. The number of pyridine rings is 1. The third-order valence-corrected chi connectivity index (χ3v) is 2.76. The van der Waals surface area contributed by atoms with Crippen LogP contribution >= 0.6 is 0 Å². The molecule has 0 aliphatic heterocycles. The maximum absolute atomic E-state index is 11.2. The zero-order valence-corrected chi connectivity index (χ0v) is 9.45. The second-order valence-electron chi connectivity index (χ2n) is 3.86. The molecule has 0 unspecified atom stereocenters. The number of amides is 1. The van der Waals surface area contributed by atoms with Gasteiger partial charge >= 0.3 is 0 Å². The molecule has 0 aliphatic rings. The molecule has 0 saturated heterocycles. The van der Waals surface area contributed by atoms with Gasteiger partial charge < -0.3 is 5.73 Å². The summed E-state index contributed by atoms with van der Waals surface area (Å²) in [5, 5.41) is 1.09. The molecule has 0 spiro atoms. The summed E-state index contributed by atoms with van der Waals surface area (Å²) < 4.78 is 0. The van der Waals surface area contributed by atoms with Crippen molar-refractivity contribution in [2.75, 3.05) is 0 Å². The van der Waals surface area contributed by atoms with Gasteiger partial charge in [-0.25, -0.2) is 4.98 Å². The molecule has 3 heteroatoms. The molecule has 0 radical (unpaired) electrons. The van der Waals surface area contributed by atoms with Crippen molar-refractivity contribution in [1.29, 1.82) is 0 Å². The van der Waals surface area contributed by atoms with Gasteiger partial charge in [0.25, 0.3) is 5.91 Å². The zero-order chi connectivity index (χ0) is 11.7. The number of fused-ring (bicyclic) bond motifs is 1. The lowest BCUT2D eigenvalue weighted by Crippen LogP contribution is -2.13. The molecule has 0 saturated carbocycles. The molecule has 3 nitrogen and oxygen atoms in total.